The average Bonchev–Trinajstić information content (AvgIpc) is 3.93. The summed E-state index contributed by atoms with van der Waals surface area (Å²) in [5.74, 6) is 3.10. The molecule has 7 nitrogen and oxygen atoms in total. The molecule has 6 aromatic carbocycles. The quantitative estimate of drug-likeness (QED) is 0.184. The predicted molar refractivity (Wildman–Crippen MR) is 198 cm³/mol. The molecule has 0 spiro atoms. The van der Waals surface area contributed by atoms with Crippen LogP contribution < -0.4 is 24.3 Å². The second kappa shape index (κ2) is 10.2. The highest BCUT2D eigenvalue weighted by Gasteiger charge is 2.56. The van der Waals surface area contributed by atoms with Gasteiger partial charge in [-0.25, -0.2) is 0 Å². The van der Waals surface area contributed by atoms with Gasteiger partial charge in [0.25, 0.3) is 0 Å². The van der Waals surface area contributed by atoms with Crippen molar-refractivity contribution in [2.75, 3.05) is 32.9 Å². The van der Waals surface area contributed by atoms with Crippen LogP contribution >= 0.6 is 0 Å². The standard InChI is InChI=1S/C43H30N4O3/c1-3-13-29(14-4-1)43(30-15-5-2-6-16-30)46-27-44(39-35-21-7-9-23-37(35)49-41(39)46)31-17-11-19-33(25-31)48-34-20-12-18-32(26-34)45-28-47(43)42-40(45)36-22-8-10-24-38(36)50-42/h1-26H,27-28H2. The van der Waals surface area contributed by atoms with Gasteiger partial charge in [-0.1, -0.05) is 97.1 Å². The lowest BCUT2D eigenvalue weighted by Gasteiger charge is -2.49. The third kappa shape index (κ3) is 3.69. The second-order valence-electron chi connectivity index (χ2n) is 13.0. The number of ether oxygens (including phenoxy) is 1. The maximum atomic E-state index is 6.97. The Kier molecular flexibility index (Phi) is 5.58. The molecule has 11 rings (SSSR count). The summed E-state index contributed by atoms with van der Waals surface area (Å²) >= 11 is 0. The topological polar surface area (TPSA) is 48.5 Å². The van der Waals surface area contributed by atoms with Gasteiger partial charge in [0.05, 0.1) is 0 Å². The lowest BCUT2D eigenvalue weighted by molar-refractivity contribution is 0.411. The van der Waals surface area contributed by atoms with Gasteiger partial charge in [0, 0.05) is 45.4 Å². The molecule has 0 amide bonds. The highest BCUT2D eigenvalue weighted by atomic mass is 16.5. The normalized spacial score (nSPS) is 15.6. The number of hydrogen-bond donors (Lipinski definition) is 0. The van der Waals surface area contributed by atoms with E-state index in [2.05, 4.69) is 153 Å². The van der Waals surface area contributed by atoms with Crippen molar-refractivity contribution in [3.63, 3.8) is 0 Å². The van der Waals surface area contributed by atoms with Crippen LogP contribution in [0, 0.1) is 0 Å². The van der Waals surface area contributed by atoms with Crippen LogP contribution in [0.2, 0.25) is 0 Å². The molecule has 240 valence electrons. The fourth-order valence-corrected chi connectivity index (χ4v) is 8.24. The number of benzene rings is 6. The first kappa shape index (κ1) is 27.4. The zero-order chi connectivity index (χ0) is 32.8. The molecule has 2 aromatic heterocycles. The molecule has 0 N–H and O–H groups in total. The number of rotatable bonds is 2. The van der Waals surface area contributed by atoms with Crippen molar-refractivity contribution in [2.24, 2.45) is 0 Å². The Balaban J connectivity index is 1.30. The minimum absolute atomic E-state index is 0.504. The van der Waals surface area contributed by atoms with E-state index in [9.17, 15) is 0 Å². The molecule has 50 heavy (non-hydrogen) atoms. The van der Waals surface area contributed by atoms with E-state index in [0.29, 0.717) is 13.3 Å². The molecule has 7 heteroatoms. The van der Waals surface area contributed by atoms with E-state index >= 15 is 0 Å². The van der Waals surface area contributed by atoms with Crippen LogP contribution in [0.25, 0.3) is 21.9 Å². The van der Waals surface area contributed by atoms with Crippen LogP contribution in [0.15, 0.2) is 167 Å². The third-order valence-corrected chi connectivity index (χ3v) is 10.3. The van der Waals surface area contributed by atoms with Crippen molar-refractivity contribution < 1.29 is 13.6 Å². The van der Waals surface area contributed by atoms with Gasteiger partial charge in [0.15, 0.2) is 5.66 Å². The van der Waals surface area contributed by atoms with E-state index in [1.807, 2.05) is 24.3 Å². The summed E-state index contributed by atoms with van der Waals surface area (Å²) in [6.45, 7) is 1.01. The molecule has 3 aliphatic rings. The smallest absolute Gasteiger partial charge is 0.224 e. The zero-order valence-corrected chi connectivity index (χ0v) is 26.9. The molecule has 8 aromatic rings. The first-order valence-electron chi connectivity index (χ1n) is 16.9. The molecule has 0 radical (unpaired) electrons. The minimum Gasteiger partial charge on any atom is -0.457 e. The van der Waals surface area contributed by atoms with Gasteiger partial charge in [-0.2, -0.15) is 0 Å². The van der Waals surface area contributed by atoms with Crippen LogP contribution in [0.1, 0.15) is 11.1 Å². The summed E-state index contributed by atoms with van der Waals surface area (Å²) in [6.07, 6.45) is 0. The van der Waals surface area contributed by atoms with Gasteiger partial charge in [-0.15, -0.1) is 0 Å². The fraction of sp³-hybridized carbons (Fsp3) is 0.0698. The molecule has 0 atom stereocenters. The van der Waals surface area contributed by atoms with E-state index in [-0.39, 0.29) is 0 Å². The van der Waals surface area contributed by atoms with Crippen molar-refractivity contribution in [3.05, 3.63) is 169 Å². The van der Waals surface area contributed by atoms with E-state index < -0.39 is 5.66 Å². The summed E-state index contributed by atoms with van der Waals surface area (Å²) in [5.41, 5.74) is 6.97. The fourth-order valence-electron chi connectivity index (χ4n) is 8.24. The summed E-state index contributed by atoms with van der Waals surface area (Å²) in [4.78, 5) is 9.54. The second-order valence-corrected chi connectivity index (χ2v) is 13.0. The molecule has 0 unspecified atom stereocenters. The minimum atomic E-state index is -0.924. The van der Waals surface area contributed by atoms with Crippen molar-refractivity contribution >= 4 is 56.5 Å². The maximum Gasteiger partial charge on any atom is 0.224 e. The molecule has 0 aliphatic carbocycles. The van der Waals surface area contributed by atoms with Gasteiger partial charge in [0.2, 0.25) is 11.8 Å². The Morgan fingerprint density at radius 3 is 1.36 bits per heavy atom. The van der Waals surface area contributed by atoms with Crippen LogP contribution in [-0.4, -0.2) is 13.3 Å². The zero-order valence-electron chi connectivity index (χ0n) is 26.9. The summed E-state index contributed by atoms with van der Waals surface area (Å²) in [7, 11) is 0. The first-order valence-corrected chi connectivity index (χ1v) is 16.9. The van der Waals surface area contributed by atoms with Gasteiger partial charge in [-0.3, -0.25) is 9.80 Å². The molecule has 8 bridgehead atoms. The number of para-hydroxylation sites is 2. The van der Waals surface area contributed by atoms with E-state index in [1.54, 1.807) is 0 Å². The van der Waals surface area contributed by atoms with E-state index in [0.717, 1.165) is 79.1 Å². The number of anilines is 6. The molecule has 0 saturated heterocycles. The van der Waals surface area contributed by atoms with Gasteiger partial charge < -0.3 is 23.4 Å². The lowest BCUT2D eigenvalue weighted by Crippen LogP contribution is -2.60. The van der Waals surface area contributed by atoms with Crippen molar-refractivity contribution in [1.82, 2.24) is 0 Å². The van der Waals surface area contributed by atoms with Crippen LogP contribution in [0.4, 0.5) is 34.5 Å². The lowest BCUT2D eigenvalue weighted by atomic mass is 9.88. The van der Waals surface area contributed by atoms with Crippen molar-refractivity contribution in [2.45, 2.75) is 5.66 Å². The van der Waals surface area contributed by atoms with Gasteiger partial charge >= 0.3 is 0 Å². The molecule has 3 aliphatic heterocycles. The number of nitrogens with zero attached hydrogens (tertiary/aromatic N) is 4. The average molecular weight is 651 g/mol. The summed E-state index contributed by atoms with van der Waals surface area (Å²) in [6, 6.07) is 54.8. The van der Waals surface area contributed by atoms with E-state index in [1.165, 1.54) is 0 Å². The Morgan fingerprint density at radius 2 is 0.880 bits per heavy atom. The Bertz CT molecular complexity index is 2400. The molecule has 5 heterocycles. The molecular formula is C43H30N4O3. The predicted octanol–water partition coefficient (Wildman–Crippen LogP) is 10.7. The van der Waals surface area contributed by atoms with Crippen LogP contribution in [0.3, 0.4) is 0 Å². The first-order chi connectivity index (χ1) is 24.8. The van der Waals surface area contributed by atoms with Crippen molar-refractivity contribution in [1.29, 1.82) is 0 Å². The molecule has 0 fully saturated rings. The Hall–Kier alpha value is -6.60. The largest absolute Gasteiger partial charge is 0.457 e. The summed E-state index contributed by atoms with van der Waals surface area (Å²) in [5, 5.41) is 2.10. The number of furan rings is 2. The van der Waals surface area contributed by atoms with Crippen molar-refractivity contribution in [3.8, 4) is 11.5 Å². The van der Waals surface area contributed by atoms with Crippen LogP contribution in [0.5, 0.6) is 11.5 Å². The Labute approximate surface area is 288 Å². The number of hydrogen-bond acceptors (Lipinski definition) is 7. The number of fused-ring (bicyclic) bond motifs is 20. The van der Waals surface area contributed by atoms with Crippen LogP contribution in [-0.2, 0) is 5.66 Å². The monoisotopic (exact) mass is 650 g/mol. The summed E-state index contributed by atoms with van der Waals surface area (Å²) < 4.78 is 20.5. The molecule has 0 saturated carbocycles. The third-order valence-electron chi connectivity index (χ3n) is 10.3. The van der Waals surface area contributed by atoms with Gasteiger partial charge in [-0.05, 0) is 48.5 Å². The Morgan fingerprint density at radius 1 is 0.440 bits per heavy atom. The maximum absolute atomic E-state index is 6.97. The van der Waals surface area contributed by atoms with Gasteiger partial charge in [0.1, 0.15) is 47.4 Å². The van der Waals surface area contributed by atoms with E-state index in [4.69, 9.17) is 13.6 Å². The highest BCUT2D eigenvalue weighted by molar-refractivity contribution is 6.05. The highest BCUT2D eigenvalue weighted by Crippen LogP contribution is 2.59. The molecular weight excluding hydrogens is 620 g/mol. The SMILES string of the molecule is c1ccc(C2(c3ccccc3)N3CN(c4cccc(c4)Oc4cccc(c4)N4CN2c2oc5ccccc5c24)c2c3oc3ccccc23)cc1.